The zero-order valence-electron chi connectivity index (χ0n) is 8.29. The zero-order valence-corrected chi connectivity index (χ0v) is 8.29. The van der Waals surface area contributed by atoms with Crippen LogP contribution in [0.4, 0.5) is 0 Å². The summed E-state index contributed by atoms with van der Waals surface area (Å²) in [7, 11) is 1.28. The second kappa shape index (κ2) is 7.08. The predicted octanol–water partition coefficient (Wildman–Crippen LogP) is -0.431. The van der Waals surface area contributed by atoms with E-state index in [-0.39, 0.29) is 12.5 Å². The fourth-order valence-electron chi connectivity index (χ4n) is 0.929. The Kier molecular flexibility index (Phi) is 6.39. The van der Waals surface area contributed by atoms with E-state index in [1.807, 2.05) is 0 Å². The molecule has 0 aliphatic rings. The molecule has 0 aromatic heterocycles. The smallest absolute Gasteiger partial charge is 0.328 e. The number of nitrogens with one attached hydrogen (secondary N) is 1. The summed E-state index contributed by atoms with van der Waals surface area (Å²) in [6.07, 6.45) is 2.77. The first kappa shape index (κ1) is 12.6. The molecular weight excluding hydrogens is 184 g/mol. The van der Waals surface area contributed by atoms with Crippen LogP contribution in [0.1, 0.15) is 12.8 Å². The van der Waals surface area contributed by atoms with Gasteiger partial charge in [-0.05, 0) is 12.8 Å². The standard InChI is InChI=1S/C9H16N2O3/c1-3-4-5-7(9(13)14-2)11-8(12)6-10/h3,7H,1,4-6,10H2,2H3,(H,11,12)/t7-/m0/s1. The molecule has 0 fully saturated rings. The Morgan fingerprint density at radius 3 is 2.71 bits per heavy atom. The number of ether oxygens (including phenoxy) is 1. The summed E-state index contributed by atoms with van der Waals surface area (Å²) < 4.78 is 4.53. The van der Waals surface area contributed by atoms with Crippen LogP contribution >= 0.6 is 0 Å². The zero-order chi connectivity index (χ0) is 11.0. The van der Waals surface area contributed by atoms with E-state index >= 15 is 0 Å². The minimum absolute atomic E-state index is 0.137. The summed E-state index contributed by atoms with van der Waals surface area (Å²) in [4.78, 5) is 22.1. The van der Waals surface area contributed by atoms with Gasteiger partial charge in [0.25, 0.3) is 0 Å². The largest absolute Gasteiger partial charge is 0.467 e. The van der Waals surface area contributed by atoms with Gasteiger partial charge in [0.05, 0.1) is 13.7 Å². The summed E-state index contributed by atoms with van der Waals surface area (Å²) >= 11 is 0. The van der Waals surface area contributed by atoms with Crippen LogP contribution < -0.4 is 11.1 Å². The molecule has 0 rings (SSSR count). The van der Waals surface area contributed by atoms with Crippen molar-refractivity contribution in [2.24, 2.45) is 5.73 Å². The monoisotopic (exact) mass is 200 g/mol. The van der Waals surface area contributed by atoms with E-state index < -0.39 is 12.0 Å². The first-order valence-electron chi connectivity index (χ1n) is 4.33. The molecule has 1 atom stereocenters. The SMILES string of the molecule is C=CCC[C@H](NC(=O)CN)C(=O)OC. The topological polar surface area (TPSA) is 81.4 Å². The molecule has 0 unspecified atom stereocenters. The lowest BCUT2D eigenvalue weighted by molar-refractivity contribution is -0.145. The minimum Gasteiger partial charge on any atom is -0.467 e. The van der Waals surface area contributed by atoms with Crippen LogP contribution in [0.5, 0.6) is 0 Å². The lowest BCUT2D eigenvalue weighted by Gasteiger charge is -2.14. The van der Waals surface area contributed by atoms with E-state index in [4.69, 9.17) is 5.73 Å². The van der Waals surface area contributed by atoms with E-state index in [0.717, 1.165) is 0 Å². The second-order valence-corrected chi connectivity index (χ2v) is 2.71. The molecule has 3 N–H and O–H groups in total. The van der Waals surface area contributed by atoms with Gasteiger partial charge in [-0.1, -0.05) is 6.08 Å². The number of methoxy groups -OCH3 is 1. The van der Waals surface area contributed by atoms with Crippen molar-refractivity contribution < 1.29 is 14.3 Å². The number of carbonyl (C=O) groups is 2. The van der Waals surface area contributed by atoms with Gasteiger partial charge in [-0.15, -0.1) is 6.58 Å². The average molecular weight is 200 g/mol. The fourth-order valence-corrected chi connectivity index (χ4v) is 0.929. The van der Waals surface area contributed by atoms with Gasteiger partial charge in [-0.3, -0.25) is 4.79 Å². The second-order valence-electron chi connectivity index (χ2n) is 2.71. The molecule has 1 amide bonds. The van der Waals surface area contributed by atoms with Crippen LogP contribution in [0.2, 0.25) is 0 Å². The quantitative estimate of drug-likeness (QED) is 0.450. The van der Waals surface area contributed by atoms with Crippen LogP contribution in [-0.4, -0.2) is 31.6 Å². The van der Waals surface area contributed by atoms with E-state index in [1.54, 1.807) is 6.08 Å². The van der Waals surface area contributed by atoms with Crippen molar-refractivity contribution in [3.8, 4) is 0 Å². The van der Waals surface area contributed by atoms with Crippen LogP contribution in [0.25, 0.3) is 0 Å². The fraction of sp³-hybridized carbons (Fsp3) is 0.556. The highest BCUT2D eigenvalue weighted by Crippen LogP contribution is 1.99. The highest BCUT2D eigenvalue weighted by molar-refractivity contribution is 5.85. The van der Waals surface area contributed by atoms with Crippen LogP contribution in [0.15, 0.2) is 12.7 Å². The van der Waals surface area contributed by atoms with Gasteiger partial charge in [-0.2, -0.15) is 0 Å². The summed E-state index contributed by atoms with van der Waals surface area (Å²) in [6, 6.07) is -0.631. The maximum Gasteiger partial charge on any atom is 0.328 e. The Morgan fingerprint density at radius 1 is 1.64 bits per heavy atom. The minimum atomic E-state index is -0.631. The van der Waals surface area contributed by atoms with Crippen molar-refractivity contribution in [1.82, 2.24) is 5.32 Å². The number of amides is 1. The number of esters is 1. The molecular formula is C9H16N2O3. The highest BCUT2D eigenvalue weighted by Gasteiger charge is 2.19. The Labute approximate surface area is 83.3 Å². The molecule has 14 heavy (non-hydrogen) atoms. The Morgan fingerprint density at radius 2 is 2.29 bits per heavy atom. The van der Waals surface area contributed by atoms with Crippen LogP contribution in [0, 0.1) is 0 Å². The summed E-state index contributed by atoms with van der Waals surface area (Å²) in [6.45, 7) is 3.39. The number of hydrogen-bond donors (Lipinski definition) is 2. The van der Waals surface area contributed by atoms with Gasteiger partial charge in [0, 0.05) is 0 Å². The lowest BCUT2D eigenvalue weighted by Crippen LogP contribution is -2.44. The normalized spacial score (nSPS) is 11.6. The molecule has 5 heteroatoms. The van der Waals surface area contributed by atoms with Crippen molar-refractivity contribution >= 4 is 11.9 Å². The molecule has 0 spiro atoms. The van der Waals surface area contributed by atoms with Crippen molar-refractivity contribution in [2.75, 3.05) is 13.7 Å². The molecule has 0 aromatic carbocycles. The van der Waals surface area contributed by atoms with Crippen molar-refractivity contribution in [1.29, 1.82) is 0 Å². The molecule has 0 bridgehead atoms. The first-order valence-corrected chi connectivity index (χ1v) is 4.33. The molecule has 0 aliphatic heterocycles. The Balaban J connectivity index is 4.16. The summed E-state index contributed by atoms with van der Waals surface area (Å²) in [5.41, 5.74) is 5.11. The summed E-state index contributed by atoms with van der Waals surface area (Å²) in [5, 5.41) is 2.47. The lowest BCUT2D eigenvalue weighted by atomic mass is 10.1. The molecule has 0 heterocycles. The highest BCUT2D eigenvalue weighted by atomic mass is 16.5. The van der Waals surface area contributed by atoms with E-state index in [1.165, 1.54) is 7.11 Å². The maximum absolute atomic E-state index is 11.2. The Bertz CT molecular complexity index is 216. The van der Waals surface area contributed by atoms with Gasteiger partial charge in [-0.25, -0.2) is 4.79 Å². The number of hydrogen-bond acceptors (Lipinski definition) is 4. The van der Waals surface area contributed by atoms with Crippen molar-refractivity contribution in [2.45, 2.75) is 18.9 Å². The molecule has 5 nitrogen and oxygen atoms in total. The van der Waals surface area contributed by atoms with Crippen LogP contribution in [0.3, 0.4) is 0 Å². The van der Waals surface area contributed by atoms with Gasteiger partial charge in [0.1, 0.15) is 6.04 Å². The maximum atomic E-state index is 11.2. The van der Waals surface area contributed by atoms with Crippen molar-refractivity contribution in [3.63, 3.8) is 0 Å². The number of rotatable bonds is 6. The molecule has 80 valence electrons. The third-order valence-corrected chi connectivity index (χ3v) is 1.67. The summed E-state index contributed by atoms with van der Waals surface area (Å²) in [5.74, 6) is -0.835. The van der Waals surface area contributed by atoms with Gasteiger partial charge < -0.3 is 15.8 Å². The molecule has 0 saturated heterocycles. The van der Waals surface area contributed by atoms with E-state index in [9.17, 15) is 9.59 Å². The number of carbonyl (C=O) groups excluding carboxylic acids is 2. The average Bonchev–Trinajstić information content (AvgIpc) is 2.22. The predicted molar refractivity (Wildman–Crippen MR) is 52.4 cm³/mol. The molecule has 0 aromatic rings. The molecule has 0 aliphatic carbocycles. The third-order valence-electron chi connectivity index (χ3n) is 1.67. The van der Waals surface area contributed by atoms with Gasteiger partial charge in [0.15, 0.2) is 0 Å². The molecule has 0 radical (unpaired) electrons. The first-order chi connectivity index (χ1) is 6.65. The van der Waals surface area contributed by atoms with Gasteiger partial charge >= 0.3 is 5.97 Å². The number of nitrogens with two attached hydrogens (primary N) is 1. The van der Waals surface area contributed by atoms with E-state index in [2.05, 4.69) is 16.6 Å². The van der Waals surface area contributed by atoms with Gasteiger partial charge in [0.2, 0.25) is 5.91 Å². The third kappa shape index (κ3) is 4.61. The van der Waals surface area contributed by atoms with E-state index in [0.29, 0.717) is 12.8 Å². The van der Waals surface area contributed by atoms with Crippen LogP contribution in [-0.2, 0) is 14.3 Å². The Hall–Kier alpha value is -1.36. The number of allylic oxidation sites excluding steroid dienone is 1. The molecule has 0 saturated carbocycles. The van der Waals surface area contributed by atoms with Crippen molar-refractivity contribution in [3.05, 3.63) is 12.7 Å².